The molecule has 0 fully saturated rings. The number of halogens is 1. The average Bonchev–Trinajstić information content (AvgIpc) is 2.61. The molecule has 1 aromatic heterocycles. The fourth-order valence-corrected chi connectivity index (χ4v) is 3.10. The normalized spacial score (nSPS) is 10.9. The highest BCUT2D eigenvalue weighted by Gasteiger charge is 2.10. The summed E-state index contributed by atoms with van der Waals surface area (Å²) >= 11 is 3.53. The number of carbonyl (C=O) groups is 1. The van der Waals surface area contributed by atoms with Crippen LogP contribution >= 0.6 is 15.9 Å². The second kappa shape index (κ2) is 6.02. The van der Waals surface area contributed by atoms with Gasteiger partial charge in [-0.05, 0) is 41.1 Å². The molecule has 4 aromatic rings. The van der Waals surface area contributed by atoms with Crippen LogP contribution in [0.3, 0.4) is 0 Å². The van der Waals surface area contributed by atoms with E-state index < -0.39 is 0 Å². The zero-order valence-electron chi connectivity index (χ0n) is 12.5. The van der Waals surface area contributed by atoms with E-state index in [-0.39, 0.29) is 5.91 Å². The first-order chi connectivity index (χ1) is 11.7. The van der Waals surface area contributed by atoms with E-state index in [0.29, 0.717) is 11.2 Å². The van der Waals surface area contributed by atoms with Crippen molar-refractivity contribution in [3.63, 3.8) is 0 Å². The van der Waals surface area contributed by atoms with Gasteiger partial charge in [-0.15, -0.1) is 0 Å². The summed E-state index contributed by atoms with van der Waals surface area (Å²) in [7, 11) is 0. The molecule has 4 nitrogen and oxygen atoms in total. The smallest absolute Gasteiger partial charge is 0.275 e. The SMILES string of the molecule is O=C(Nc1ccc2c(Br)cccc2c1)c1cnc2ccccc2n1. The third-order valence-electron chi connectivity index (χ3n) is 3.77. The number of amides is 1. The third-order valence-corrected chi connectivity index (χ3v) is 4.46. The van der Waals surface area contributed by atoms with Gasteiger partial charge in [-0.3, -0.25) is 9.78 Å². The molecule has 24 heavy (non-hydrogen) atoms. The molecule has 0 saturated carbocycles. The Labute approximate surface area is 146 Å². The summed E-state index contributed by atoms with van der Waals surface area (Å²) in [5.74, 6) is -0.275. The van der Waals surface area contributed by atoms with Crippen LogP contribution in [0.1, 0.15) is 10.5 Å². The second-order valence-corrected chi connectivity index (χ2v) is 6.23. The van der Waals surface area contributed by atoms with Gasteiger partial charge >= 0.3 is 0 Å². The van der Waals surface area contributed by atoms with Crippen molar-refractivity contribution < 1.29 is 4.79 Å². The lowest BCUT2D eigenvalue weighted by Crippen LogP contribution is -2.14. The lowest BCUT2D eigenvalue weighted by atomic mass is 10.1. The van der Waals surface area contributed by atoms with Gasteiger partial charge in [-0.2, -0.15) is 0 Å². The number of anilines is 1. The molecule has 1 amide bonds. The Morgan fingerprint density at radius 3 is 2.67 bits per heavy atom. The van der Waals surface area contributed by atoms with Crippen LogP contribution in [0.5, 0.6) is 0 Å². The standard InChI is InChI=1S/C19H12BrN3O/c20-15-5-3-4-12-10-13(8-9-14(12)15)22-19(24)18-11-21-16-6-1-2-7-17(16)23-18/h1-11H,(H,22,24). The average molecular weight is 378 g/mol. The molecule has 0 radical (unpaired) electrons. The molecule has 3 aromatic carbocycles. The van der Waals surface area contributed by atoms with Gasteiger partial charge in [0, 0.05) is 10.2 Å². The molecular formula is C19H12BrN3O. The minimum Gasteiger partial charge on any atom is -0.321 e. The summed E-state index contributed by atoms with van der Waals surface area (Å²) in [5.41, 5.74) is 2.49. The summed E-state index contributed by atoms with van der Waals surface area (Å²) < 4.78 is 1.03. The van der Waals surface area contributed by atoms with E-state index in [2.05, 4.69) is 31.2 Å². The number of fused-ring (bicyclic) bond motifs is 2. The van der Waals surface area contributed by atoms with Crippen LogP contribution in [0.2, 0.25) is 0 Å². The molecule has 0 unspecified atom stereocenters. The molecule has 116 valence electrons. The van der Waals surface area contributed by atoms with Crippen LogP contribution in [-0.2, 0) is 0 Å². The molecule has 0 atom stereocenters. The number of rotatable bonds is 2. The zero-order chi connectivity index (χ0) is 16.5. The van der Waals surface area contributed by atoms with E-state index in [0.717, 1.165) is 26.4 Å². The van der Waals surface area contributed by atoms with Crippen molar-refractivity contribution in [2.24, 2.45) is 0 Å². The van der Waals surface area contributed by atoms with E-state index >= 15 is 0 Å². The first kappa shape index (κ1) is 14.8. The van der Waals surface area contributed by atoms with Crippen LogP contribution in [-0.4, -0.2) is 15.9 Å². The highest BCUT2D eigenvalue weighted by atomic mass is 79.9. The highest BCUT2D eigenvalue weighted by Crippen LogP contribution is 2.26. The van der Waals surface area contributed by atoms with Gasteiger partial charge in [0.2, 0.25) is 0 Å². The van der Waals surface area contributed by atoms with Crippen molar-refractivity contribution in [2.45, 2.75) is 0 Å². The summed E-state index contributed by atoms with van der Waals surface area (Å²) in [4.78, 5) is 21.1. The van der Waals surface area contributed by atoms with Crippen LogP contribution in [0.25, 0.3) is 21.8 Å². The van der Waals surface area contributed by atoms with Crippen molar-refractivity contribution in [3.05, 3.63) is 77.0 Å². The fourth-order valence-electron chi connectivity index (χ4n) is 2.58. The number of nitrogens with one attached hydrogen (secondary N) is 1. The van der Waals surface area contributed by atoms with E-state index in [1.54, 1.807) is 0 Å². The van der Waals surface area contributed by atoms with Gasteiger partial charge in [0.15, 0.2) is 0 Å². The molecule has 0 bridgehead atoms. The molecule has 1 heterocycles. The molecule has 4 rings (SSSR count). The number of carbonyl (C=O) groups excluding carboxylic acids is 1. The predicted molar refractivity (Wildman–Crippen MR) is 99.1 cm³/mol. The van der Waals surface area contributed by atoms with Crippen molar-refractivity contribution in [3.8, 4) is 0 Å². The number of para-hydroxylation sites is 2. The predicted octanol–water partition coefficient (Wildman–Crippen LogP) is 4.80. The largest absolute Gasteiger partial charge is 0.321 e. The molecule has 0 aliphatic rings. The maximum Gasteiger partial charge on any atom is 0.275 e. The quantitative estimate of drug-likeness (QED) is 0.545. The van der Waals surface area contributed by atoms with Gasteiger partial charge in [-0.1, -0.05) is 46.3 Å². The van der Waals surface area contributed by atoms with Crippen LogP contribution in [0.15, 0.2) is 71.3 Å². The van der Waals surface area contributed by atoms with Gasteiger partial charge in [-0.25, -0.2) is 4.98 Å². The number of benzene rings is 3. The van der Waals surface area contributed by atoms with Crippen LogP contribution < -0.4 is 5.32 Å². The first-order valence-electron chi connectivity index (χ1n) is 7.42. The molecule has 0 spiro atoms. The van der Waals surface area contributed by atoms with E-state index in [9.17, 15) is 4.79 Å². The molecule has 1 N–H and O–H groups in total. The van der Waals surface area contributed by atoms with E-state index in [1.807, 2.05) is 60.7 Å². The number of hydrogen-bond acceptors (Lipinski definition) is 3. The Morgan fingerprint density at radius 1 is 0.958 bits per heavy atom. The zero-order valence-corrected chi connectivity index (χ0v) is 14.1. The molecule has 0 aliphatic carbocycles. The van der Waals surface area contributed by atoms with Crippen molar-refractivity contribution in [2.75, 3.05) is 5.32 Å². The maximum atomic E-state index is 12.4. The first-order valence-corrected chi connectivity index (χ1v) is 8.21. The fraction of sp³-hybridized carbons (Fsp3) is 0. The van der Waals surface area contributed by atoms with Gasteiger partial charge in [0.05, 0.1) is 17.2 Å². The summed E-state index contributed by atoms with van der Waals surface area (Å²) in [5, 5.41) is 5.02. The maximum absolute atomic E-state index is 12.4. The van der Waals surface area contributed by atoms with Crippen molar-refractivity contribution in [1.82, 2.24) is 9.97 Å². The molecule has 0 saturated heterocycles. The minimum absolute atomic E-state index is 0.275. The van der Waals surface area contributed by atoms with E-state index in [1.165, 1.54) is 6.20 Å². The lowest BCUT2D eigenvalue weighted by Gasteiger charge is -2.07. The summed E-state index contributed by atoms with van der Waals surface area (Å²) in [6.45, 7) is 0. The van der Waals surface area contributed by atoms with Crippen molar-refractivity contribution >= 4 is 49.3 Å². The summed E-state index contributed by atoms with van der Waals surface area (Å²) in [6.07, 6.45) is 1.50. The van der Waals surface area contributed by atoms with Crippen molar-refractivity contribution in [1.29, 1.82) is 0 Å². The number of nitrogens with zero attached hydrogens (tertiary/aromatic N) is 2. The molecule has 5 heteroatoms. The Bertz CT molecular complexity index is 1080. The Balaban J connectivity index is 1.65. The van der Waals surface area contributed by atoms with Crippen LogP contribution in [0, 0.1) is 0 Å². The van der Waals surface area contributed by atoms with Gasteiger partial charge in [0.1, 0.15) is 5.69 Å². The second-order valence-electron chi connectivity index (χ2n) is 5.37. The van der Waals surface area contributed by atoms with Gasteiger partial charge in [0.25, 0.3) is 5.91 Å². The highest BCUT2D eigenvalue weighted by molar-refractivity contribution is 9.10. The number of hydrogen-bond donors (Lipinski definition) is 1. The summed E-state index contributed by atoms with van der Waals surface area (Å²) in [6, 6.07) is 19.2. The third kappa shape index (κ3) is 2.74. The monoisotopic (exact) mass is 377 g/mol. The van der Waals surface area contributed by atoms with E-state index in [4.69, 9.17) is 0 Å². The van der Waals surface area contributed by atoms with Crippen LogP contribution in [0.4, 0.5) is 5.69 Å². The molecular weight excluding hydrogens is 366 g/mol. The Kier molecular flexibility index (Phi) is 3.70. The Morgan fingerprint density at radius 2 is 1.79 bits per heavy atom. The number of aromatic nitrogens is 2. The lowest BCUT2D eigenvalue weighted by molar-refractivity contribution is 0.102. The molecule has 0 aliphatic heterocycles. The van der Waals surface area contributed by atoms with Gasteiger partial charge < -0.3 is 5.32 Å². The Hall–Kier alpha value is -2.79. The topological polar surface area (TPSA) is 54.9 Å². The minimum atomic E-state index is -0.275.